The van der Waals surface area contributed by atoms with Crippen molar-refractivity contribution in [2.75, 3.05) is 13.1 Å². The lowest BCUT2D eigenvalue weighted by molar-refractivity contribution is -0.133. The maximum Gasteiger partial charge on any atom is 0.335 e. The van der Waals surface area contributed by atoms with Crippen molar-refractivity contribution in [2.45, 2.75) is 32.1 Å². The first-order valence-corrected chi connectivity index (χ1v) is 6.77. The zero-order valence-electron chi connectivity index (χ0n) is 11.0. The Morgan fingerprint density at radius 2 is 2.16 bits per heavy atom. The highest BCUT2D eigenvalue weighted by Gasteiger charge is 2.16. The van der Waals surface area contributed by atoms with E-state index in [1.54, 1.807) is 18.2 Å². The van der Waals surface area contributed by atoms with Gasteiger partial charge in [0, 0.05) is 19.5 Å². The Balaban J connectivity index is 1.83. The van der Waals surface area contributed by atoms with Gasteiger partial charge >= 0.3 is 5.97 Å². The van der Waals surface area contributed by atoms with Crippen molar-refractivity contribution in [2.24, 2.45) is 0 Å². The maximum atomic E-state index is 11.6. The van der Waals surface area contributed by atoms with Gasteiger partial charge in [0.15, 0.2) is 0 Å². The number of amides is 1. The average Bonchev–Trinajstić information content (AvgIpc) is 2.41. The Bertz CT molecular complexity index is 470. The van der Waals surface area contributed by atoms with Crippen LogP contribution in [-0.4, -0.2) is 35.0 Å². The number of carboxylic acids is 1. The van der Waals surface area contributed by atoms with Crippen molar-refractivity contribution in [1.29, 1.82) is 0 Å². The number of aryl methyl sites for hydroxylation is 1. The van der Waals surface area contributed by atoms with Crippen LogP contribution >= 0.6 is 0 Å². The molecule has 1 N–H and O–H groups in total. The van der Waals surface area contributed by atoms with E-state index in [0.29, 0.717) is 12.0 Å². The number of likely N-dealkylation sites (tertiary alicyclic amines) is 1. The normalized spacial score (nSPS) is 15.6. The standard InChI is InChI=1S/C15H19NO3/c17-14-8-1-2-9-16(14)10-4-6-12-5-3-7-13(11-12)15(18)19/h3,5,7,11H,1-2,4,6,8-10H2,(H,18,19). The molecule has 4 nitrogen and oxygen atoms in total. The molecule has 1 heterocycles. The molecule has 1 aromatic rings. The quantitative estimate of drug-likeness (QED) is 0.885. The predicted molar refractivity (Wildman–Crippen MR) is 72.2 cm³/mol. The van der Waals surface area contributed by atoms with Crippen LogP contribution in [0.25, 0.3) is 0 Å². The Morgan fingerprint density at radius 1 is 1.32 bits per heavy atom. The molecule has 1 aliphatic heterocycles. The molecular formula is C15H19NO3. The van der Waals surface area contributed by atoms with E-state index in [-0.39, 0.29) is 5.91 Å². The molecule has 4 heteroatoms. The van der Waals surface area contributed by atoms with Crippen LogP contribution in [0.15, 0.2) is 24.3 Å². The van der Waals surface area contributed by atoms with Crippen LogP contribution in [0.1, 0.15) is 41.6 Å². The molecule has 1 aromatic carbocycles. The minimum absolute atomic E-state index is 0.255. The third-order valence-electron chi connectivity index (χ3n) is 3.49. The zero-order chi connectivity index (χ0) is 13.7. The Hall–Kier alpha value is -1.84. The Labute approximate surface area is 113 Å². The van der Waals surface area contributed by atoms with Gasteiger partial charge in [-0.05, 0) is 43.4 Å². The summed E-state index contributed by atoms with van der Waals surface area (Å²) in [4.78, 5) is 24.4. The van der Waals surface area contributed by atoms with Gasteiger partial charge in [-0.25, -0.2) is 4.79 Å². The summed E-state index contributed by atoms with van der Waals surface area (Å²) in [6, 6.07) is 7.01. The summed E-state index contributed by atoms with van der Waals surface area (Å²) >= 11 is 0. The number of carboxylic acid groups (broad SMARTS) is 1. The number of hydrogen-bond acceptors (Lipinski definition) is 2. The first-order valence-electron chi connectivity index (χ1n) is 6.77. The van der Waals surface area contributed by atoms with Gasteiger partial charge in [-0.1, -0.05) is 12.1 Å². The van der Waals surface area contributed by atoms with E-state index >= 15 is 0 Å². The molecule has 0 aliphatic carbocycles. The van der Waals surface area contributed by atoms with E-state index in [2.05, 4.69) is 0 Å². The third kappa shape index (κ3) is 3.81. The van der Waals surface area contributed by atoms with Crippen molar-refractivity contribution in [3.05, 3.63) is 35.4 Å². The van der Waals surface area contributed by atoms with Crippen LogP contribution < -0.4 is 0 Å². The highest BCUT2D eigenvalue weighted by Crippen LogP contribution is 2.12. The second-order valence-corrected chi connectivity index (χ2v) is 4.95. The van der Waals surface area contributed by atoms with E-state index in [1.165, 1.54) is 0 Å². The van der Waals surface area contributed by atoms with Gasteiger partial charge in [-0.2, -0.15) is 0 Å². The minimum Gasteiger partial charge on any atom is -0.478 e. The summed E-state index contributed by atoms with van der Waals surface area (Å²) in [6.07, 6.45) is 4.48. The number of hydrogen-bond donors (Lipinski definition) is 1. The number of piperidine rings is 1. The van der Waals surface area contributed by atoms with Crippen LogP contribution in [0.4, 0.5) is 0 Å². The van der Waals surface area contributed by atoms with E-state index < -0.39 is 5.97 Å². The molecule has 1 amide bonds. The lowest BCUT2D eigenvalue weighted by atomic mass is 10.1. The average molecular weight is 261 g/mol. The summed E-state index contributed by atoms with van der Waals surface area (Å²) < 4.78 is 0. The molecular weight excluding hydrogens is 242 g/mol. The van der Waals surface area contributed by atoms with Crippen LogP contribution in [-0.2, 0) is 11.2 Å². The van der Waals surface area contributed by atoms with E-state index in [1.807, 2.05) is 11.0 Å². The van der Waals surface area contributed by atoms with Gasteiger partial charge in [0.1, 0.15) is 0 Å². The van der Waals surface area contributed by atoms with Gasteiger partial charge in [0.2, 0.25) is 5.91 Å². The van der Waals surface area contributed by atoms with E-state index in [0.717, 1.165) is 44.3 Å². The second kappa shape index (κ2) is 6.36. The smallest absolute Gasteiger partial charge is 0.335 e. The van der Waals surface area contributed by atoms with Gasteiger partial charge < -0.3 is 10.0 Å². The predicted octanol–water partition coefficient (Wildman–Crippen LogP) is 2.33. The maximum absolute atomic E-state index is 11.6. The third-order valence-corrected chi connectivity index (χ3v) is 3.49. The van der Waals surface area contributed by atoms with Crippen molar-refractivity contribution < 1.29 is 14.7 Å². The Kier molecular flexibility index (Phi) is 4.55. The lowest BCUT2D eigenvalue weighted by Gasteiger charge is -2.26. The highest BCUT2D eigenvalue weighted by atomic mass is 16.4. The number of nitrogens with zero attached hydrogens (tertiary/aromatic N) is 1. The molecule has 0 bridgehead atoms. The van der Waals surface area contributed by atoms with Crippen molar-refractivity contribution >= 4 is 11.9 Å². The van der Waals surface area contributed by atoms with E-state index in [4.69, 9.17) is 5.11 Å². The van der Waals surface area contributed by atoms with Crippen molar-refractivity contribution in [3.8, 4) is 0 Å². The largest absolute Gasteiger partial charge is 0.478 e. The number of aromatic carboxylic acids is 1. The van der Waals surface area contributed by atoms with Gasteiger partial charge in [0.05, 0.1) is 5.56 Å². The molecule has 102 valence electrons. The molecule has 0 atom stereocenters. The summed E-state index contributed by atoms with van der Waals surface area (Å²) in [6.45, 7) is 1.64. The summed E-state index contributed by atoms with van der Waals surface area (Å²) in [5.41, 5.74) is 1.34. The molecule has 19 heavy (non-hydrogen) atoms. The number of carbonyl (C=O) groups excluding carboxylic acids is 1. The molecule has 0 spiro atoms. The molecule has 1 fully saturated rings. The summed E-state index contributed by atoms with van der Waals surface area (Å²) in [7, 11) is 0. The molecule has 1 aliphatic rings. The monoisotopic (exact) mass is 261 g/mol. The number of rotatable bonds is 5. The van der Waals surface area contributed by atoms with Gasteiger partial charge in [-0.3, -0.25) is 4.79 Å². The van der Waals surface area contributed by atoms with Crippen molar-refractivity contribution in [3.63, 3.8) is 0 Å². The summed E-state index contributed by atoms with van der Waals surface area (Å²) in [5, 5.41) is 8.92. The van der Waals surface area contributed by atoms with E-state index in [9.17, 15) is 9.59 Å². The molecule has 1 saturated heterocycles. The number of benzene rings is 1. The SMILES string of the molecule is O=C(O)c1cccc(CCCN2CCCCC2=O)c1. The molecule has 0 saturated carbocycles. The van der Waals surface area contributed by atoms with Gasteiger partial charge in [0.25, 0.3) is 0 Å². The fourth-order valence-corrected chi connectivity index (χ4v) is 2.43. The fourth-order valence-electron chi connectivity index (χ4n) is 2.43. The van der Waals surface area contributed by atoms with Crippen LogP contribution in [0.5, 0.6) is 0 Å². The summed E-state index contributed by atoms with van der Waals surface area (Å²) in [5.74, 6) is -0.640. The fraction of sp³-hybridized carbons (Fsp3) is 0.467. The lowest BCUT2D eigenvalue weighted by Crippen LogP contribution is -2.36. The molecule has 2 rings (SSSR count). The Morgan fingerprint density at radius 3 is 2.89 bits per heavy atom. The van der Waals surface area contributed by atoms with Gasteiger partial charge in [-0.15, -0.1) is 0 Å². The van der Waals surface area contributed by atoms with Crippen LogP contribution in [0.2, 0.25) is 0 Å². The minimum atomic E-state index is -0.895. The van der Waals surface area contributed by atoms with Crippen LogP contribution in [0, 0.1) is 0 Å². The number of carbonyl (C=O) groups is 2. The topological polar surface area (TPSA) is 57.6 Å². The molecule has 0 aromatic heterocycles. The van der Waals surface area contributed by atoms with Crippen molar-refractivity contribution in [1.82, 2.24) is 4.90 Å². The molecule has 0 unspecified atom stereocenters. The first kappa shape index (κ1) is 13.6. The molecule has 0 radical (unpaired) electrons. The first-order chi connectivity index (χ1) is 9.16. The van der Waals surface area contributed by atoms with Crippen LogP contribution in [0.3, 0.4) is 0 Å². The highest BCUT2D eigenvalue weighted by molar-refractivity contribution is 5.87. The zero-order valence-corrected chi connectivity index (χ0v) is 11.0. The second-order valence-electron chi connectivity index (χ2n) is 4.95.